The maximum atomic E-state index is 12.7. The lowest BCUT2D eigenvalue weighted by molar-refractivity contribution is -0.135. The highest BCUT2D eigenvalue weighted by Crippen LogP contribution is 2.26. The second-order valence-electron chi connectivity index (χ2n) is 7.93. The first kappa shape index (κ1) is 23.0. The Labute approximate surface area is 186 Å². The van der Waals surface area contributed by atoms with E-state index in [0.717, 1.165) is 44.9 Å². The van der Waals surface area contributed by atoms with Crippen molar-refractivity contribution < 1.29 is 4.79 Å². The van der Waals surface area contributed by atoms with Crippen molar-refractivity contribution in [3.8, 4) is 0 Å². The largest absolute Gasteiger partial charge is 0.357 e. The van der Waals surface area contributed by atoms with E-state index >= 15 is 0 Å². The number of aryl methyl sites for hydroxylation is 1. The van der Waals surface area contributed by atoms with Crippen molar-refractivity contribution in [1.82, 2.24) is 15.5 Å². The van der Waals surface area contributed by atoms with Gasteiger partial charge in [-0.25, -0.2) is 4.99 Å². The molecule has 0 radical (unpaired) electrons. The number of nitrogens with zero attached hydrogens (tertiary/aromatic N) is 2. The topological polar surface area (TPSA) is 56.7 Å². The van der Waals surface area contributed by atoms with E-state index < -0.39 is 0 Å². The highest BCUT2D eigenvalue weighted by Gasteiger charge is 2.31. The fourth-order valence-electron chi connectivity index (χ4n) is 4.06. The summed E-state index contributed by atoms with van der Waals surface area (Å²) in [5.74, 6) is 1.48. The lowest BCUT2D eigenvalue weighted by Crippen LogP contribution is -2.45. The Morgan fingerprint density at radius 3 is 2.54 bits per heavy atom. The molecule has 5 nitrogen and oxygen atoms in total. The van der Waals surface area contributed by atoms with Gasteiger partial charge in [0.05, 0.1) is 6.54 Å². The number of hydrogen-bond donors (Lipinski definition) is 2. The maximum absolute atomic E-state index is 12.7. The number of nitrogens with one attached hydrogen (secondary N) is 2. The van der Waals surface area contributed by atoms with Crippen LogP contribution in [0.5, 0.6) is 0 Å². The van der Waals surface area contributed by atoms with E-state index in [-0.39, 0.29) is 35.9 Å². The molecule has 0 spiro atoms. The fraction of sp³-hybridized carbons (Fsp3) is 0.636. The van der Waals surface area contributed by atoms with Gasteiger partial charge in [-0.2, -0.15) is 0 Å². The van der Waals surface area contributed by atoms with E-state index in [1.165, 1.54) is 30.4 Å². The lowest BCUT2D eigenvalue weighted by atomic mass is 9.88. The van der Waals surface area contributed by atoms with Gasteiger partial charge in [-0.1, -0.05) is 49.1 Å². The highest BCUT2D eigenvalue weighted by atomic mass is 127. The number of benzene rings is 1. The van der Waals surface area contributed by atoms with Crippen molar-refractivity contribution in [3.05, 3.63) is 35.4 Å². The van der Waals surface area contributed by atoms with Gasteiger partial charge in [-0.3, -0.25) is 4.79 Å². The molecule has 1 aliphatic heterocycles. The summed E-state index contributed by atoms with van der Waals surface area (Å²) in [5.41, 5.74) is 2.47. The molecule has 0 aromatic heterocycles. The van der Waals surface area contributed by atoms with Crippen LogP contribution >= 0.6 is 24.0 Å². The van der Waals surface area contributed by atoms with Crippen LogP contribution in [0.25, 0.3) is 0 Å². The standard InChI is InChI=1S/C22H34N4O.HI/c1-3-23-22(24-15-18-11-9-17(2)10-12-18)25-20-13-14-26(16-20)21(27)19-7-5-4-6-8-19;/h9-12,19-20H,3-8,13-16H2,1-2H3,(H2,23,24,25);1H. The molecular weight excluding hydrogens is 463 g/mol. The number of carbonyl (C=O) groups excluding carboxylic acids is 1. The van der Waals surface area contributed by atoms with Crippen molar-refractivity contribution in [2.45, 2.75) is 65.0 Å². The number of amides is 1. The third-order valence-electron chi connectivity index (χ3n) is 5.68. The zero-order chi connectivity index (χ0) is 19.1. The van der Waals surface area contributed by atoms with Crippen molar-refractivity contribution in [2.24, 2.45) is 10.9 Å². The van der Waals surface area contributed by atoms with E-state index in [2.05, 4.69) is 53.6 Å². The van der Waals surface area contributed by atoms with Crippen LogP contribution in [0.15, 0.2) is 29.3 Å². The molecule has 1 atom stereocenters. The molecule has 6 heteroatoms. The van der Waals surface area contributed by atoms with Gasteiger partial charge in [-0.05, 0) is 38.7 Å². The quantitative estimate of drug-likeness (QED) is 0.369. The molecule has 2 N–H and O–H groups in total. The van der Waals surface area contributed by atoms with Crippen LogP contribution in [0.4, 0.5) is 0 Å². The van der Waals surface area contributed by atoms with Crippen LogP contribution in [-0.4, -0.2) is 42.4 Å². The minimum atomic E-state index is 0. The van der Waals surface area contributed by atoms with Crippen LogP contribution in [-0.2, 0) is 11.3 Å². The van der Waals surface area contributed by atoms with Crippen LogP contribution in [0.3, 0.4) is 0 Å². The Balaban J connectivity index is 0.00000280. The highest BCUT2D eigenvalue weighted by molar-refractivity contribution is 14.0. The summed E-state index contributed by atoms with van der Waals surface area (Å²) in [6, 6.07) is 8.78. The number of carbonyl (C=O) groups is 1. The van der Waals surface area contributed by atoms with Gasteiger partial charge in [0.15, 0.2) is 5.96 Å². The SMILES string of the molecule is CCNC(=NCc1ccc(C)cc1)NC1CCN(C(=O)C2CCCCC2)C1.I. The second kappa shape index (κ2) is 11.6. The molecular formula is C22H35IN4O. The van der Waals surface area contributed by atoms with Gasteiger partial charge < -0.3 is 15.5 Å². The van der Waals surface area contributed by atoms with Gasteiger partial charge >= 0.3 is 0 Å². The number of likely N-dealkylation sites (tertiary alicyclic amines) is 1. The zero-order valence-corrected chi connectivity index (χ0v) is 19.6. The number of guanidine groups is 1. The molecule has 2 fully saturated rings. The number of aliphatic imine (C=N–C) groups is 1. The average molecular weight is 498 g/mol. The van der Waals surface area contributed by atoms with Crippen LogP contribution in [0.2, 0.25) is 0 Å². The molecule has 1 aliphatic carbocycles. The summed E-state index contributed by atoms with van der Waals surface area (Å²) in [6.45, 7) is 7.33. The van der Waals surface area contributed by atoms with Crippen LogP contribution in [0, 0.1) is 12.8 Å². The summed E-state index contributed by atoms with van der Waals surface area (Å²) in [6.07, 6.45) is 6.86. The van der Waals surface area contributed by atoms with Crippen LogP contribution < -0.4 is 10.6 Å². The average Bonchev–Trinajstić information content (AvgIpc) is 3.16. The molecule has 0 bridgehead atoms. The van der Waals surface area contributed by atoms with Gasteiger partial charge in [-0.15, -0.1) is 24.0 Å². The first-order chi connectivity index (χ1) is 13.2. The third-order valence-corrected chi connectivity index (χ3v) is 5.68. The third kappa shape index (κ3) is 6.64. The molecule has 1 aromatic carbocycles. The Morgan fingerprint density at radius 2 is 1.86 bits per heavy atom. The van der Waals surface area contributed by atoms with E-state index in [4.69, 9.17) is 4.99 Å². The van der Waals surface area contributed by atoms with Crippen molar-refractivity contribution in [3.63, 3.8) is 0 Å². The first-order valence-corrected chi connectivity index (χ1v) is 10.5. The predicted octanol–water partition coefficient (Wildman–Crippen LogP) is 3.85. The zero-order valence-electron chi connectivity index (χ0n) is 17.2. The van der Waals surface area contributed by atoms with E-state index in [0.29, 0.717) is 12.5 Å². The molecule has 1 unspecified atom stereocenters. The molecule has 1 saturated heterocycles. The minimum absolute atomic E-state index is 0. The molecule has 1 amide bonds. The molecule has 28 heavy (non-hydrogen) atoms. The molecule has 156 valence electrons. The van der Waals surface area contributed by atoms with Gasteiger partial charge in [0.2, 0.25) is 5.91 Å². The molecule has 1 heterocycles. The Morgan fingerprint density at radius 1 is 1.14 bits per heavy atom. The van der Waals surface area contributed by atoms with E-state index in [1.54, 1.807) is 0 Å². The van der Waals surface area contributed by atoms with Crippen molar-refractivity contribution in [2.75, 3.05) is 19.6 Å². The number of hydrogen-bond acceptors (Lipinski definition) is 2. The van der Waals surface area contributed by atoms with Crippen molar-refractivity contribution >= 4 is 35.8 Å². The van der Waals surface area contributed by atoms with Crippen LogP contribution in [0.1, 0.15) is 56.6 Å². The smallest absolute Gasteiger partial charge is 0.225 e. The summed E-state index contributed by atoms with van der Waals surface area (Å²) >= 11 is 0. The molecule has 2 aliphatic rings. The summed E-state index contributed by atoms with van der Waals surface area (Å²) in [5, 5.41) is 6.87. The van der Waals surface area contributed by atoms with Crippen molar-refractivity contribution in [1.29, 1.82) is 0 Å². The maximum Gasteiger partial charge on any atom is 0.225 e. The Hall–Kier alpha value is -1.31. The van der Waals surface area contributed by atoms with E-state index in [1.807, 2.05) is 0 Å². The van der Waals surface area contributed by atoms with Gasteiger partial charge in [0.25, 0.3) is 0 Å². The first-order valence-electron chi connectivity index (χ1n) is 10.5. The lowest BCUT2D eigenvalue weighted by Gasteiger charge is -2.26. The summed E-state index contributed by atoms with van der Waals surface area (Å²) in [4.78, 5) is 19.5. The number of rotatable bonds is 5. The molecule has 1 saturated carbocycles. The summed E-state index contributed by atoms with van der Waals surface area (Å²) in [7, 11) is 0. The predicted molar refractivity (Wildman–Crippen MR) is 126 cm³/mol. The Kier molecular flexibility index (Phi) is 9.55. The Bertz CT molecular complexity index is 640. The summed E-state index contributed by atoms with van der Waals surface area (Å²) < 4.78 is 0. The van der Waals surface area contributed by atoms with E-state index in [9.17, 15) is 4.79 Å². The van der Waals surface area contributed by atoms with Gasteiger partial charge in [0, 0.05) is 31.6 Å². The monoisotopic (exact) mass is 498 g/mol. The minimum Gasteiger partial charge on any atom is -0.357 e. The molecule has 3 rings (SSSR count). The number of halogens is 1. The second-order valence-corrected chi connectivity index (χ2v) is 7.93. The normalized spacial score (nSPS) is 20.6. The van der Waals surface area contributed by atoms with Gasteiger partial charge in [0.1, 0.15) is 0 Å². The molecule has 1 aromatic rings. The fourth-order valence-corrected chi connectivity index (χ4v) is 4.06.